The fraction of sp³-hybridized carbons (Fsp3) is 0.459. The molecule has 0 bridgehead atoms. The highest BCUT2D eigenvalue weighted by atomic mass is 32.2. The molecule has 1 aliphatic heterocycles. The first-order valence-electron chi connectivity index (χ1n) is 17.1. The lowest BCUT2D eigenvalue weighted by molar-refractivity contribution is -0.128. The van der Waals surface area contributed by atoms with E-state index in [2.05, 4.69) is 15.5 Å². The Kier molecular flexibility index (Phi) is 13.5. The van der Waals surface area contributed by atoms with Crippen LogP contribution in [0.1, 0.15) is 56.5 Å². The van der Waals surface area contributed by atoms with Crippen molar-refractivity contribution in [2.75, 3.05) is 26.2 Å². The van der Waals surface area contributed by atoms with Crippen molar-refractivity contribution >= 4 is 28.2 Å². The molecule has 4 rings (SSSR count). The van der Waals surface area contributed by atoms with Crippen molar-refractivity contribution in [3.63, 3.8) is 0 Å². The van der Waals surface area contributed by atoms with Gasteiger partial charge in [-0.2, -0.15) is 4.31 Å². The smallest absolute Gasteiger partial charge is 0.321 e. The lowest BCUT2D eigenvalue weighted by Crippen LogP contribution is -2.57. The SMILES string of the molecule is CC[C@H](C)[C@@H](C(=O)N[C@@H](Cc1ccccc1)[C@H](O)CN(CC(C)C)S(=O)(=O)c1ccc(/C=N/O)cc1)N1CCN(Cc2cccnc2C)C1=O. The summed E-state index contributed by atoms with van der Waals surface area (Å²) in [6, 6.07) is 17.2. The molecule has 50 heavy (non-hydrogen) atoms. The van der Waals surface area contributed by atoms with Gasteiger partial charge in [-0.3, -0.25) is 9.78 Å². The van der Waals surface area contributed by atoms with Gasteiger partial charge in [0.15, 0.2) is 0 Å². The van der Waals surface area contributed by atoms with Gasteiger partial charge in [0, 0.05) is 44.6 Å². The molecule has 0 unspecified atom stereocenters. The highest BCUT2D eigenvalue weighted by Gasteiger charge is 2.41. The number of nitrogens with one attached hydrogen (secondary N) is 1. The van der Waals surface area contributed by atoms with E-state index in [0.29, 0.717) is 31.6 Å². The van der Waals surface area contributed by atoms with Crippen molar-refractivity contribution in [3.8, 4) is 0 Å². The number of urea groups is 1. The minimum atomic E-state index is -4.06. The van der Waals surface area contributed by atoms with Gasteiger partial charge in [-0.25, -0.2) is 13.2 Å². The highest BCUT2D eigenvalue weighted by Crippen LogP contribution is 2.24. The standard InChI is InChI=1S/C37H50N6O6S/c1-6-27(4)35(43-20-19-41(37(43)46)24-31-13-10-18-38-28(31)5)36(45)40-33(21-29-11-8-7-9-12-29)34(44)25-42(23-26(2)3)50(48,49)32-16-14-30(15-17-32)22-39-47/h7-18,22,26-27,33-35,44,47H,6,19-21,23-25H2,1-5H3,(H,40,45)/b39-22+/t27-,33-,34+,35-/m0/s1. The maximum absolute atomic E-state index is 14.3. The minimum absolute atomic E-state index is 0.0273. The van der Waals surface area contributed by atoms with Crippen molar-refractivity contribution in [1.82, 2.24) is 24.4 Å². The van der Waals surface area contributed by atoms with Gasteiger partial charge in [-0.1, -0.05) is 87.8 Å². The van der Waals surface area contributed by atoms with Crippen LogP contribution in [0, 0.1) is 18.8 Å². The van der Waals surface area contributed by atoms with Crippen molar-refractivity contribution in [2.45, 2.75) is 77.1 Å². The van der Waals surface area contributed by atoms with Crippen LogP contribution in [0.2, 0.25) is 0 Å². The quantitative estimate of drug-likeness (QED) is 0.108. The van der Waals surface area contributed by atoms with E-state index in [1.165, 1.54) is 34.8 Å². The molecular formula is C37H50N6O6S. The van der Waals surface area contributed by atoms with Crippen LogP contribution in [0.15, 0.2) is 83.0 Å². The summed E-state index contributed by atoms with van der Waals surface area (Å²) in [5.41, 5.74) is 3.16. The fourth-order valence-corrected chi connectivity index (χ4v) is 7.82. The van der Waals surface area contributed by atoms with Gasteiger partial charge in [0.25, 0.3) is 0 Å². The Morgan fingerprint density at radius 2 is 1.74 bits per heavy atom. The summed E-state index contributed by atoms with van der Waals surface area (Å²) in [6.45, 7) is 10.7. The second-order valence-electron chi connectivity index (χ2n) is 13.4. The molecule has 2 heterocycles. The number of amides is 3. The predicted molar refractivity (Wildman–Crippen MR) is 192 cm³/mol. The van der Waals surface area contributed by atoms with Crippen LogP contribution in [0.4, 0.5) is 4.79 Å². The highest BCUT2D eigenvalue weighted by molar-refractivity contribution is 7.89. The second-order valence-corrected chi connectivity index (χ2v) is 15.3. The number of aliphatic hydroxyl groups excluding tert-OH is 1. The molecule has 3 N–H and O–H groups in total. The molecule has 4 atom stereocenters. The van der Waals surface area contributed by atoms with Crippen molar-refractivity contribution in [1.29, 1.82) is 0 Å². The number of benzene rings is 2. The summed E-state index contributed by atoms with van der Waals surface area (Å²) in [6.07, 6.45) is 2.51. The number of carbonyl (C=O) groups excluding carboxylic acids is 2. The Hall–Kier alpha value is -4.33. The van der Waals surface area contributed by atoms with Crippen molar-refractivity contribution < 1.29 is 28.3 Å². The molecule has 270 valence electrons. The molecule has 1 saturated heterocycles. The first-order valence-corrected chi connectivity index (χ1v) is 18.6. The number of aryl methyl sites for hydroxylation is 1. The number of hydrogen-bond acceptors (Lipinski definition) is 8. The summed E-state index contributed by atoms with van der Waals surface area (Å²) in [4.78, 5) is 35.7. The van der Waals surface area contributed by atoms with E-state index < -0.39 is 34.1 Å². The summed E-state index contributed by atoms with van der Waals surface area (Å²) >= 11 is 0. The minimum Gasteiger partial charge on any atom is -0.411 e. The largest absolute Gasteiger partial charge is 0.411 e. The number of carbonyl (C=O) groups is 2. The average molecular weight is 707 g/mol. The van der Waals surface area contributed by atoms with E-state index in [1.807, 2.05) is 77.1 Å². The van der Waals surface area contributed by atoms with Gasteiger partial charge >= 0.3 is 6.03 Å². The zero-order chi connectivity index (χ0) is 36.4. The average Bonchev–Trinajstić information content (AvgIpc) is 3.44. The number of aromatic nitrogens is 1. The van der Waals surface area contributed by atoms with E-state index in [9.17, 15) is 23.1 Å². The second kappa shape index (κ2) is 17.6. The van der Waals surface area contributed by atoms with E-state index >= 15 is 0 Å². The predicted octanol–water partition coefficient (Wildman–Crippen LogP) is 4.29. The zero-order valence-electron chi connectivity index (χ0n) is 29.5. The number of oxime groups is 1. The first-order chi connectivity index (χ1) is 23.8. The molecule has 0 spiro atoms. The van der Waals surface area contributed by atoms with Crippen LogP contribution >= 0.6 is 0 Å². The summed E-state index contributed by atoms with van der Waals surface area (Å²) in [5.74, 6) is -0.647. The fourth-order valence-electron chi connectivity index (χ4n) is 6.20. The lowest BCUT2D eigenvalue weighted by Gasteiger charge is -2.35. The molecule has 0 saturated carbocycles. The number of nitrogens with zero attached hydrogens (tertiary/aromatic N) is 5. The molecule has 2 aromatic carbocycles. The van der Waals surface area contributed by atoms with Crippen LogP contribution in [-0.2, 0) is 27.8 Å². The van der Waals surface area contributed by atoms with E-state index in [-0.39, 0.29) is 42.3 Å². The molecule has 1 fully saturated rings. The van der Waals surface area contributed by atoms with Crippen molar-refractivity contribution in [3.05, 3.63) is 95.3 Å². The van der Waals surface area contributed by atoms with Crippen molar-refractivity contribution in [2.24, 2.45) is 17.0 Å². The molecular weight excluding hydrogens is 657 g/mol. The van der Waals surface area contributed by atoms with Crippen LogP contribution in [0.25, 0.3) is 0 Å². The Balaban J connectivity index is 1.59. The Labute approximate surface area is 295 Å². The molecule has 3 aromatic rings. The van der Waals surface area contributed by atoms with Gasteiger partial charge in [0.1, 0.15) is 6.04 Å². The zero-order valence-corrected chi connectivity index (χ0v) is 30.3. The van der Waals surface area contributed by atoms with Crippen LogP contribution in [-0.4, -0.2) is 100 Å². The normalized spacial score (nSPS) is 16.3. The van der Waals surface area contributed by atoms with Gasteiger partial charge in [0.2, 0.25) is 15.9 Å². The molecule has 0 radical (unpaired) electrons. The van der Waals surface area contributed by atoms with Gasteiger partial charge in [-0.15, -0.1) is 0 Å². The molecule has 13 heteroatoms. The number of pyridine rings is 1. The third-order valence-corrected chi connectivity index (χ3v) is 11.0. The summed E-state index contributed by atoms with van der Waals surface area (Å²) in [7, 11) is -4.06. The Morgan fingerprint density at radius 1 is 1.04 bits per heavy atom. The maximum Gasteiger partial charge on any atom is 0.321 e. The summed E-state index contributed by atoms with van der Waals surface area (Å²) < 4.78 is 29.0. The Bertz CT molecular complexity index is 1700. The molecule has 0 aliphatic carbocycles. The number of sulfonamides is 1. The maximum atomic E-state index is 14.3. The molecule has 1 aliphatic rings. The van der Waals surface area contributed by atoms with Crippen LogP contribution in [0.5, 0.6) is 0 Å². The first kappa shape index (κ1) is 38.5. The van der Waals surface area contributed by atoms with Gasteiger partial charge in [0.05, 0.1) is 23.3 Å². The molecule has 3 amide bonds. The Morgan fingerprint density at radius 3 is 2.36 bits per heavy atom. The van der Waals surface area contributed by atoms with Crippen LogP contribution < -0.4 is 5.32 Å². The molecule has 12 nitrogen and oxygen atoms in total. The lowest BCUT2D eigenvalue weighted by atomic mass is 9.95. The number of rotatable bonds is 17. The van der Waals surface area contributed by atoms with E-state index in [4.69, 9.17) is 5.21 Å². The van der Waals surface area contributed by atoms with Gasteiger partial charge < -0.3 is 25.4 Å². The third-order valence-electron chi connectivity index (χ3n) is 9.17. The summed E-state index contributed by atoms with van der Waals surface area (Å²) in [5, 5.41) is 26.7. The van der Waals surface area contributed by atoms with Crippen LogP contribution in [0.3, 0.4) is 0 Å². The molecule has 1 aromatic heterocycles. The van der Waals surface area contributed by atoms with E-state index in [1.54, 1.807) is 16.0 Å². The monoisotopic (exact) mass is 706 g/mol. The topological polar surface area (TPSA) is 156 Å². The van der Waals surface area contributed by atoms with Gasteiger partial charge in [-0.05, 0) is 60.1 Å². The number of hydrogen-bond donors (Lipinski definition) is 3. The third kappa shape index (κ3) is 9.67. The van der Waals surface area contributed by atoms with E-state index in [0.717, 1.165) is 16.8 Å². The number of aliphatic hydroxyl groups is 1.